The number of rotatable bonds is 2. The number of aromatic nitrogens is 4. The highest BCUT2D eigenvalue weighted by atomic mass is 35.5. The van der Waals surface area contributed by atoms with Crippen LogP contribution in [-0.2, 0) is 0 Å². The largest absolute Gasteiger partial charge is 0.416 e. The maximum absolute atomic E-state index is 5.73. The van der Waals surface area contributed by atoms with Crippen molar-refractivity contribution in [3.05, 3.63) is 17.4 Å². The molecule has 0 aliphatic heterocycles. The molecule has 2 aromatic heterocycles. The maximum atomic E-state index is 5.73. The normalized spacial score (nSPS) is 10.5. The van der Waals surface area contributed by atoms with E-state index in [0.717, 1.165) is 11.8 Å². The molecule has 0 bridgehead atoms. The molecule has 2 rings (SSSR count). The number of nitrogens with zero attached hydrogens (tertiary/aromatic N) is 4. The lowest BCUT2D eigenvalue weighted by molar-refractivity contribution is 0.429. The van der Waals surface area contributed by atoms with Crippen LogP contribution in [0, 0.1) is 6.92 Å². The Labute approximate surface area is 94.3 Å². The van der Waals surface area contributed by atoms with E-state index >= 15 is 0 Å². The van der Waals surface area contributed by atoms with Gasteiger partial charge in [-0.05, 0) is 11.8 Å². The molecule has 78 valence electrons. The zero-order valence-electron chi connectivity index (χ0n) is 7.64. The van der Waals surface area contributed by atoms with Crippen LogP contribution in [0.4, 0.5) is 5.69 Å². The second kappa shape index (κ2) is 4.03. The van der Waals surface area contributed by atoms with Crippen molar-refractivity contribution in [2.45, 2.75) is 17.2 Å². The molecule has 0 saturated carbocycles. The van der Waals surface area contributed by atoms with Crippen molar-refractivity contribution in [2.75, 3.05) is 5.73 Å². The number of nitrogen functional groups attached to an aromatic ring is 1. The van der Waals surface area contributed by atoms with Gasteiger partial charge in [0.25, 0.3) is 5.22 Å². The van der Waals surface area contributed by atoms with E-state index in [1.54, 1.807) is 6.92 Å². The highest BCUT2D eigenvalue weighted by Crippen LogP contribution is 2.31. The minimum atomic E-state index is 0.212. The van der Waals surface area contributed by atoms with E-state index in [9.17, 15) is 0 Å². The van der Waals surface area contributed by atoms with Gasteiger partial charge in [-0.15, -0.1) is 10.2 Å². The molecular weight excluding hydrogens is 238 g/mol. The van der Waals surface area contributed by atoms with E-state index in [0.29, 0.717) is 21.8 Å². The lowest BCUT2D eigenvalue weighted by Gasteiger charge is -2.00. The Bertz CT molecular complexity index is 488. The van der Waals surface area contributed by atoms with Gasteiger partial charge in [0.2, 0.25) is 5.89 Å². The van der Waals surface area contributed by atoms with E-state index in [2.05, 4.69) is 20.2 Å². The van der Waals surface area contributed by atoms with Crippen LogP contribution in [0.1, 0.15) is 5.89 Å². The molecule has 6 nitrogen and oxygen atoms in total. The predicted octanol–water partition coefficient (Wildman–Crippen LogP) is 1.55. The molecule has 0 aromatic carbocycles. The summed E-state index contributed by atoms with van der Waals surface area (Å²) in [6.07, 6.45) is 1.32. The van der Waals surface area contributed by atoms with Crippen LogP contribution in [0.25, 0.3) is 0 Å². The van der Waals surface area contributed by atoms with Crippen molar-refractivity contribution < 1.29 is 4.42 Å². The fraction of sp³-hybridized carbons (Fsp3) is 0.143. The van der Waals surface area contributed by atoms with E-state index in [1.165, 1.54) is 6.33 Å². The molecule has 0 spiro atoms. The first kappa shape index (κ1) is 10.2. The first-order valence-corrected chi connectivity index (χ1v) is 5.10. The Kier molecular flexibility index (Phi) is 2.74. The Morgan fingerprint density at radius 3 is 2.87 bits per heavy atom. The van der Waals surface area contributed by atoms with Crippen LogP contribution in [0.2, 0.25) is 5.15 Å². The zero-order valence-corrected chi connectivity index (χ0v) is 9.21. The molecule has 0 atom stereocenters. The quantitative estimate of drug-likeness (QED) is 0.800. The van der Waals surface area contributed by atoms with Crippen molar-refractivity contribution in [1.82, 2.24) is 20.2 Å². The molecule has 2 heterocycles. The number of hydrogen-bond acceptors (Lipinski definition) is 7. The molecule has 8 heteroatoms. The van der Waals surface area contributed by atoms with Crippen LogP contribution in [0.3, 0.4) is 0 Å². The summed E-state index contributed by atoms with van der Waals surface area (Å²) in [7, 11) is 0. The summed E-state index contributed by atoms with van der Waals surface area (Å²) < 4.78 is 5.16. The molecule has 2 N–H and O–H groups in total. The van der Waals surface area contributed by atoms with Crippen molar-refractivity contribution in [3.8, 4) is 0 Å². The zero-order chi connectivity index (χ0) is 10.8. The van der Waals surface area contributed by atoms with Gasteiger partial charge in [-0.1, -0.05) is 11.6 Å². The molecule has 2 aromatic rings. The van der Waals surface area contributed by atoms with Gasteiger partial charge in [0.05, 0.1) is 0 Å². The summed E-state index contributed by atoms with van der Waals surface area (Å²) >= 11 is 6.88. The van der Waals surface area contributed by atoms with Gasteiger partial charge >= 0.3 is 0 Å². The lowest BCUT2D eigenvalue weighted by Crippen LogP contribution is -1.94. The van der Waals surface area contributed by atoms with Gasteiger partial charge in [0.15, 0.2) is 5.15 Å². The second-order valence-corrected chi connectivity index (χ2v) is 3.87. The molecule has 0 aliphatic rings. The van der Waals surface area contributed by atoms with Crippen LogP contribution in [-0.4, -0.2) is 20.2 Å². The van der Waals surface area contributed by atoms with Crippen LogP contribution >= 0.6 is 23.4 Å². The summed E-state index contributed by atoms with van der Waals surface area (Å²) in [4.78, 5) is 7.69. The molecule has 0 unspecified atom stereocenters. The minimum Gasteiger partial charge on any atom is -0.416 e. The first-order chi connectivity index (χ1) is 7.16. The summed E-state index contributed by atoms with van der Waals surface area (Å²) in [5.74, 6) is 0.483. The number of nitrogens with two attached hydrogens (primary N) is 1. The van der Waals surface area contributed by atoms with Crippen LogP contribution in [0.5, 0.6) is 0 Å². The maximum Gasteiger partial charge on any atom is 0.283 e. The van der Waals surface area contributed by atoms with Crippen LogP contribution in [0.15, 0.2) is 21.0 Å². The summed E-state index contributed by atoms with van der Waals surface area (Å²) in [5.41, 5.74) is 5.98. The number of anilines is 1. The molecule has 0 saturated heterocycles. The number of halogens is 1. The topological polar surface area (TPSA) is 90.7 Å². The van der Waals surface area contributed by atoms with Crippen molar-refractivity contribution in [2.24, 2.45) is 0 Å². The average molecular weight is 244 g/mol. The average Bonchev–Trinajstić information content (AvgIpc) is 2.59. The van der Waals surface area contributed by atoms with E-state index in [1.807, 2.05) is 0 Å². The van der Waals surface area contributed by atoms with E-state index < -0.39 is 0 Å². The van der Waals surface area contributed by atoms with E-state index in [4.69, 9.17) is 21.8 Å². The van der Waals surface area contributed by atoms with Crippen LogP contribution < -0.4 is 5.73 Å². The van der Waals surface area contributed by atoms with Crippen molar-refractivity contribution >= 4 is 29.1 Å². The Morgan fingerprint density at radius 2 is 2.20 bits per heavy atom. The monoisotopic (exact) mass is 243 g/mol. The Balaban J connectivity index is 2.28. The summed E-state index contributed by atoms with van der Waals surface area (Å²) in [6, 6.07) is 0. The SMILES string of the molecule is Cc1nnc(Sc2ncnc(Cl)c2N)o1. The Morgan fingerprint density at radius 1 is 1.40 bits per heavy atom. The smallest absolute Gasteiger partial charge is 0.283 e. The Hall–Kier alpha value is -1.34. The second-order valence-electron chi connectivity index (χ2n) is 2.57. The summed E-state index contributed by atoms with van der Waals surface area (Å²) in [5, 5.41) is 8.56. The molecule has 0 radical (unpaired) electrons. The van der Waals surface area contributed by atoms with Gasteiger partial charge in [-0.2, -0.15) is 0 Å². The third-order valence-corrected chi connectivity index (χ3v) is 2.65. The third-order valence-electron chi connectivity index (χ3n) is 1.49. The molecule has 0 aliphatic carbocycles. The number of aryl methyl sites for hydroxylation is 1. The van der Waals surface area contributed by atoms with Gasteiger partial charge in [-0.3, -0.25) is 0 Å². The third kappa shape index (κ3) is 2.18. The fourth-order valence-corrected chi connectivity index (χ4v) is 1.75. The predicted molar refractivity (Wildman–Crippen MR) is 54.6 cm³/mol. The highest BCUT2D eigenvalue weighted by molar-refractivity contribution is 7.99. The standard InChI is InChI=1S/C7H6ClN5OS/c1-3-12-13-7(14-3)15-6-4(9)5(8)10-2-11-6/h2H,9H2,1H3. The first-order valence-electron chi connectivity index (χ1n) is 3.90. The van der Waals surface area contributed by atoms with Crippen molar-refractivity contribution in [1.29, 1.82) is 0 Å². The molecular formula is C7H6ClN5OS. The molecule has 0 amide bonds. The van der Waals surface area contributed by atoms with E-state index in [-0.39, 0.29) is 5.15 Å². The summed E-state index contributed by atoms with van der Waals surface area (Å²) in [6.45, 7) is 1.70. The lowest BCUT2D eigenvalue weighted by atomic mass is 10.6. The van der Waals surface area contributed by atoms with Gasteiger partial charge < -0.3 is 10.2 Å². The highest BCUT2D eigenvalue weighted by Gasteiger charge is 2.11. The van der Waals surface area contributed by atoms with Crippen molar-refractivity contribution in [3.63, 3.8) is 0 Å². The van der Waals surface area contributed by atoms with Gasteiger partial charge in [-0.25, -0.2) is 9.97 Å². The molecule has 0 fully saturated rings. The number of hydrogen-bond donors (Lipinski definition) is 1. The molecule has 15 heavy (non-hydrogen) atoms. The van der Waals surface area contributed by atoms with Gasteiger partial charge in [0.1, 0.15) is 17.0 Å². The fourth-order valence-electron chi connectivity index (χ4n) is 0.843. The van der Waals surface area contributed by atoms with Gasteiger partial charge in [0, 0.05) is 6.92 Å². The minimum absolute atomic E-state index is 0.212.